The van der Waals surface area contributed by atoms with Crippen LogP contribution < -0.4 is 5.73 Å². The molecule has 0 saturated heterocycles. The molecule has 0 saturated carbocycles. The summed E-state index contributed by atoms with van der Waals surface area (Å²) in [6, 6.07) is 10.0. The molecule has 0 aromatic heterocycles. The number of nitro groups is 1. The van der Waals surface area contributed by atoms with E-state index in [-0.39, 0.29) is 5.69 Å². The van der Waals surface area contributed by atoms with Crippen LogP contribution in [0.15, 0.2) is 36.4 Å². The summed E-state index contributed by atoms with van der Waals surface area (Å²) in [6.07, 6.45) is 0. The van der Waals surface area contributed by atoms with Crippen LogP contribution in [0.5, 0.6) is 0 Å². The number of rotatable bonds is 1. The second-order valence-electron chi connectivity index (χ2n) is 3.05. The lowest BCUT2D eigenvalue weighted by Gasteiger charge is -1.98. The monoisotopic (exact) mass is 188 g/mol. The van der Waals surface area contributed by atoms with E-state index in [9.17, 15) is 10.1 Å². The fourth-order valence-electron chi connectivity index (χ4n) is 1.37. The summed E-state index contributed by atoms with van der Waals surface area (Å²) >= 11 is 0. The zero-order valence-corrected chi connectivity index (χ0v) is 7.31. The highest BCUT2D eigenvalue weighted by molar-refractivity contribution is 5.87. The lowest BCUT2D eigenvalue weighted by atomic mass is 10.1. The molecule has 70 valence electrons. The van der Waals surface area contributed by atoms with Crippen LogP contribution in [0.25, 0.3) is 10.8 Å². The molecule has 0 aliphatic carbocycles. The Balaban J connectivity index is 2.67. The van der Waals surface area contributed by atoms with Crippen molar-refractivity contribution in [3.8, 4) is 0 Å². The molecule has 4 heteroatoms. The number of non-ortho nitro benzene ring substituents is 1. The van der Waals surface area contributed by atoms with E-state index in [1.807, 2.05) is 0 Å². The maximum Gasteiger partial charge on any atom is 0.270 e. The van der Waals surface area contributed by atoms with E-state index in [2.05, 4.69) is 0 Å². The first-order valence-corrected chi connectivity index (χ1v) is 4.10. The Morgan fingerprint density at radius 2 is 1.71 bits per heavy atom. The van der Waals surface area contributed by atoms with E-state index in [4.69, 9.17) is 5.73 Å². The molecule has 0 heterocycles. The summed E-state index contributed by atoms with van der Waals surface area (Å²) in [5, 5.41) is 12.2. The molecule has 2 N–H and O–H groups in total. The smallest absolute Gasteiger partial charge is 0.270 e. The molecule has 0 aliphatic rings. The van der Waals surface area contributed by atoms with Crippen molar-refractivity contribution in [2.24, 2.45) is 0 Å². The Hall–Kier alpha value is -2.10. The van der Waals surface area contributed by atoms with Crippen LogP contribution in [0.4, 0.5) is 11.4 Å². The molecule has 0 spiro atoms. The molecule has 0 aliphatic heterocycles. The lowest BCUT2D eigenvalue weighted by Crippen LogP contribution is -1.88. The third-order valence-electron chi connectivity index (χ3n) is 2.06. The zero-order chi connectivity index (χ0) is 10.1. The minimum absolute atomic E-state index is 0.0993. The number of hydrogen-bond acceptors (Lipinski definition) is 3. The van der Waals surface area contributed by atoms with Gasteiger partial charge in [-0.05, 0) is 29.0 Å². The first-order chi connectivity index (χ1) is 6.66. The van der Waals surface area contributed by atoms with Gasteiger partial charge in [0.1, 0.15) is 0 Å². The highest BCUT2D eigenvalue weighted by Crippen LogP contribution is 2.22. The van der Waals surface area contributed by atoms with Crippen LogP contribution in [0, 0.1) is 10.1 Å². The van der Waals surface area contributed by atoms with Crippen molar-refractivity contribution >= 4 is 22.1 Å². The van der Waals surface area contributed by atoms with E-state index >= 15 is 0 Å². The molecule has 14 heavy (non-hydrogen) atoms. The number of nitrogens with two attached hydrogens (primary N) is 1. The molecule has 0 unspecified atom stereocenters. The molecule has 0 amide bonds. The van der Waals surface area contributed by atoms with Crippen molar-refractivity contribution in [2.75, 3.05) is 5.73 Å². The quantitative estimate of drug-likeness (QED) is 0.424. The van der Waals surface area contributed by atoms with Gasteiger partial charge in [0.15, 0.2) is 0 Å². The van der Waals surface area contributed by atoms with Gasteiger partial charge in [0, 0.05) is 17.8 Å². The number of nitro benzene ring substituents is 1. The maximum atomic E-state index is 10.5. The Kier molecular flexibility index (Phi) is 1.81. The number of nitrogens with zero attached hydrogens (tertiary/aromatic N) is 1. The number of fused-ring (bicyclic) bond motifs is 1. The minimum atomic E-state index is -0.407. The Bertz CT molecular complexity index is 508. The van der Waals surface area contributed by atoms with Crippen LogP contribution in [-0.4, -0.2) is 4.92 Å². The first-order valence-electron chi connectivity index (χ1n) is 4.10. The highest BCUT2D eigenvalue weighted by Gasteiger charge is 2.05. The van der Waals surface area contributed by atoms with Crippen molar-refractivity contribution in [1.29, 1.82) is 0 Å². The van der Waals surface area contributed by atoms with Crippen molar-refractivity contribution in [2.45, 2.75) is 0 Å². The molecule has 0 atom stereocenters. The zero-order valence-electron chi connectivity index (χ0n) is 7.31. The van der Waals surface area contributed by atoms with Gasteiger partial charge in [0.25, 0.3) is 5.69 Å². The topological polar surface area (TPSA) is 69.2 Å². The molecule has 2 aromatic rings. The van der Waals surface area contributed by atoms with E-state index in [0.717, 1.165) is 10.8 Å². The molecule has 0 radical (unpaired) electrons. The van der Waals surface area contributed by atoms with Gasteiger partial charge in [-0.1, -0.05) is 6.07 Å². The van der Waals surface area contributed by atoms with Gasteiger partial charge in [-0.2, -0.15) is 0 Å². The van der Waals surface area contributed by atoms with Crippen LogP contribution in [0.3, 0.4) is 0 Å². The Morgan fingerprint density at radius 1 is 1.07 bits per heavy atom. The average molecular weight is 188 g/mol. The molecule has 0 fully saturated rings. The summed E-state index contributed by atoms with van der Waals surface area (Å²) in [4.78, 5) is 10.1. The number of nitrogen functional groups attached to an aromatic ring is 1. The fraction of sp³-hybridized carbons (Fsp3) is 0. The molecule has 0 bridgehead atoms. The number of anilines is 1. The summed E-state index contributed by atoms with van der Waals surface area (Å²) < 4.78 is 0. The van der Waals surface area contributed by atoms with E-state index in [1.165, 1.54) is 12.1 Å². The summed E-state index contributed by atoms with van der Waals surface area (Å²) in [6.45, 7) is 0. The third-order valence-corrected chi connectivity index (χ3v) is 2.06. The first kappa shape index (κ1) is 8.50. The van der Waals surface area contributed by atoms with Gasteiger partial charge >= 0.3 is 0 Å². The van der Waals surface area contributed by atoms with Crippen LogP contribution in [-0.2, 0) is 0 Å². The maximum absolute atomic E-state index is 10.5. The molecule has 2 rings (SSSR count). The Morgan fingerprint density at radius 3 is 2.43 bits per heavy atom. The van der Waals surface area contributed by atoms with Crippen molar-refractivity contribution < 1.29 is 4.92 Å². The summed E-state index contributed by atoms with van der Waals surface area (Å²) in [5.74, 6) is 0. The Labute approximate surface area is 80.1 Å². The van der Waals surface area contributed by atoms with Gasteiger partial charge in [-0.3, -0.25) is 10.1 Å². The molecular formula is C10H8N2O2. The van der Waals surface area contributed by atoms with Gasteiger partial charge < -0.3 is 5.73 Å². The van der Waals surface area contributed by atoms with E-state index < -0.39 is 4.92 Å². The molecule has 2 aromatic carbocycles. The van der Waals surface area contributed by atoms with Crippen molar-refractivity contribution in [1.82, 2.24) is 0 Å². The van der Waals surface area contributed by atoms with Crippen LogP contribution in [0.2, 0.25) is 0 Å². The lowest BCUT2D eigenvalue weighted by molar-refractivity contribution is -0.384. The second kappa shape index (κ2) is 2.99. The average Bonchev–Trinajstić information content (AvgIpc) is 2.16. The van der Waals surface area contributed by atoms with Crippen molar-refractivity contribution in [3.63, 3.8) is 0 Å². The highest BCUT2D eigenvalue weighted by atomic mass is 16.6. The molecular weight excluding hydrogens is 180 g/mol. The summed E-state index contributed by atoms with van der Waals surface area (Å²) in [5.41, 5.74) is 6.35. The molecule has 4 nitrogen and oxygen atoms in total. The van der Waals surface area contributed by atoms with Gasteiger partial charge in [0.2, 0.25) is 0 Å². The van der Waals surface area contributed by atoms with Gasteiger partial charge in [-0.25, -0.2) is 0 Å². The fourth-order valence-corrected chi connectivity index (χ4v) is 1.37. The standard InChI is InChI=1S/C10H8N2O2/c11-9-3-1-8-6-10(12(13)14)4-2-7(8)5-9/h1-6H,11H2. The SMILES string of the molecule is Nc1ccc2cc([N+](=O)[O-])ccc2c1. The van der Waals surface area contributed by atoms with Crippen LogP contribution in [0.1, 0.15) is 0 Å². The van der Waals surface area contributed by atoms with E-state index in [1.54, 1.807) is 24.3 Å². The van der Waals surface area contributed by atoms with Crippen LogP contribution >= 0.6 is 0 Å². The normalized spacial score (nSPS) is 10.3. The van der Waals surface area contributed by atoms with Gasteiger partial charge in [0.05, 0.1) is 4.92 Å². The predicted octanol–water partition coefficient (Wildman–Crippen LogP) is 2.33. The number of benzene rings is 2. The van der Waals surface area contributed by atoms with Gasteiger partial charge in [-0.15, -0.1) is 0 Å². The third kappa shape index (κ3) is 1.37. The second-order valence-corrected chi connectivity index (χ2v) is 3.05. The number of hydrogen-bond donors (Lipinski definition) is 1. The largest absolute Gasteiger partial charge is 0.399 e. The predicted molar refractivity (Wildman–Crippen MR) is 55.0 cm³/mol. The van der Waals surface area contributed by atoms with Crippen molar-refractivity contribution in [3.05, 3.63) is 46.5 Å². The van der Waals surface area contributed by atoms with E-state index in [0.29, 0.717) is 5.69 Å². The minimum Gasteiger partial charge on any atom is -0.399 e. The summed E-state index contributed by atoms with van der Waals surface area (Å²) in [7, 11) is 0.